The highest BCUT2D eigenvalue weighted by Crippen LogP contribution is 2.25. The lowest BCUT2D eigenvalue weighted by molar-refractivity contribution is -0.122. The van der Waals surface area contributed by atoms with Gasteiger partial charge in [0.05, 0.1) is 11.6 Å². The molecule has 0 spiro atoms. The highest BCUT2D eigenvalue weighted by Gasteiger charge is 2.23. The molecule has 1 aromatic heterocycles. The van der Waals surface area contributed by atoms with Gasteiger partial charge in [-0.1, -0.05) is 72.8 Å². The molecule has 1 aliphatic heterocycles. The van der Waals surface area contributed by atoms with E-state index in [-0.39, 0.29) is 11.9 Å². The molecular formula is C30H31N3O. The number of piperidine rings is 1. The predicted octanol–water partition coefficient (Wildman–Crippen LogP) is 5.74. The normalized spacial score (nSPS) is 15.0. The fourth-order valence-corrected chi connectivity index (χ4v) is 4.96. The van der Waals surface area contributed by atoms with Crippen LogP contribution in [0.2, 0.25) is 0 Å². The molecule has 1 aliphatic rings. The molecule has 3 aromatic carbocycles. The maximum atomic E-state index is 13.0. The quantitative estimate of drug-likeness (QED) is 0.391. The minimum atomic E-state index is -0.114. The molecule has 0 saturated carbocycles. The number of nitrogens with one attached hydrogen (secondary N) is 1. The first kappa shape index (κ1) is 22.3. The summed E-state index contributed by atoms with van der Waals surface area (Å²) in [4.78, 5) is 20.0. The molecule has 1 saturated heterocycles. The van der Waals surface area contributed by atoms with E-state index in [1.807, 2.05) is 48.7 Å². The van der Waals surface area contributed by atoms with Gasteiger partial charge in [-0.2, -0.15) is 0 Å². The number of fused-ring (bicyclic) bond motifs is 1. The molecule has 0 unspecified atom stereocenters. The van der Waals surface area contributed by atoms with Crippen LogP contribution in [0.4, 0.5) is 0 Å². The Bertz CT molecular complexity index is 1180. The van der Waals surface area contributed by atoms with E-state index in [9.17, 15) is 4.79 Å². The molecule has 0 bridgehead atoms. The Morgan fingerprint density at radius 3 is 2.24 bits per heavy atom. The number of rotatable bonds is 7. The SMILES string of the molecule is O=C(CC1CCN(Cc2ccc3ncccc3c2)CC1)NC(c1ccccc1)c1ccccc1. The molecule has 0 aliphatic carbocycles. The summed E-state index contributed by atoms with van der Waals surface area (Å²) in [5.41, 5.74) is 4.59. The maximum absolute atomic E-state index is 13.0. The van der Waals surface area contributed by atoms with Crippen molar-refractivity contribution in [2.75, 3.05) is 13.1 Å². The molecule has 4 nitrogen and oxygen atoms in total. The van der Waals surface area contributed by atoms with Gasteiger partial charge < -0.3 is 5.32 Å². The zero-order valence-electron chi connectivity index (χ0n) is 19.4. The van der Waals surface area contributed by atoms with Crippen LogP contribution in [0.25, 0.3) is 10.9 Å². The second-order valence-corrected chi connectivity index (χ2v) is 9.28. The summed E-state index contributed by atoms with van der Waals surface area (Å²) in [6, 6.07) is 31.0. The lowest BCUT2D eigenvalue weighted by atomic mass is 9.92. The minimum Gasteiger partial charge on any atom is -0.345 e. The van der Waals surface area contributed by atoms with Gasteiger partial charge in [-0.15, -0.1) is 0 Å². The summed E-state index contributed by atoms with van der Waals surface area (Å²) in [6.45, 7) is 3.02. The molecule has 1 fully saturated rings. The first-order chi connectivity index (χ1) is 16.7. The van der Waals surface area contributed by atoms with E-state index in [0.717, 1.165) is 49.1 Å². The van der Waals surface area contributed by atoms with Crippen LogP contribution in [0.5, 0.6) is 0 Å². The van der Waals surface area contributed by atoms with E-state index < -0.39 is 0 Å². The zero-order valence-corrected chi connectivity index (χ0v) is 19.4. The molecule has 172 valence electrons. The van der Waals surface area contributed by atoms with E-state index in [4.69, 9.17) is 0 Å². The first-order valence-electron chi connectivity index (χ1n) is 12.2. The minimum absolute atomic E-state index is 0.114. The lowest BCUT2D eigenvalue weighted by Crippen LogP contribution is -2.36. The van der Waals surface area contributed by atoms with Gasteiger partial charge in [0.25, 0.3) is 0 Å². The molecule has 34 heavy (non-hydrogen) atoms. The Labute approximate surface area is 201 Å². The zero-order chi connectivity index (χ0) is 23.2. The van der Waals surface area contributed by atoms with Crippen molar-refractivity contribution in [3.8, 4) is 0 Å². The van der Waals surface area contributed by atoms with Gasteiger partial charge in [0.15, 0.2) is 0 Å². The maximum Gasteiger partial charge on any atom is 0.221 e. The van der Waals surface area contributed by atoms with Gasteiger partial charge in [-0.05, 0) is 66.7 Å². The van der Waals surface area contributed by atoms with Crippen LogP contribution in [-0.4, -0.2) is 28.9 Å². The molecule has 2 heterocycles. The van der Waals surface area contributed by atoms with Crippen molar-refractivity contribution in [2.24, 2.45) is 5.92 Å². The Hall–Kier alpha value is -3.50. The van der Waals surface area contributed by atoms with E-state index in [1.165, 1.54) is 10.9 Å². The van der Waals surface area contributed by atoms with E-state index >= 15 is 0 Å². The number of hydrogen-bond donors (Lipinski definition) is 1. The molecule has 1 N–H and O–H groups in total. The summed E-state index contributed by atoms with van der Waals surface area (Å²) in [6.07, 6.45) is 4.55. The Morgan fingerprint density at radius 1 is 0.882 bits per heavy atom. The van der Waals surface area contributed by atoms with Crippen LogP contribution in [0.1, 0.15) is 42.0 Å². The standard InChI is InChI=1S/C30H31N3O/c34-29(32-30(25-8-3-1-4-9-25)26-10-5-2-6-11-26)21-23-15-18-33(19-16-23)22-24-13-14-28-27(20-24)12-7-17-31-28/h1-14,17,20,23,30H,15-16,18-19,21-22H2,(H,32,34). The van der Waals surface area contributed by atoms with Crippen LogP contribution in [0, 0.1) is 5.92 Å². The van der Waals surface area contributed by atoms with E-state index in [2.05, 4.69) is 63.7 Å². The van der Waals surface area contributed by atoms with E-state index in [0.29, 0.717) is 12.3 Å². The smallest absolute Gasteiger partial charge is 0.221 e. The number of carbonyl (C=O) groups excluding carboxylic acids is 1. The van der Waals surface area contributed by atoms with Gasteiger partial charge in [-0.3, -0.25) is 14.7 Å². The number of carbonyl (C=O) groups is 1. The molecule has 0 radical (unpaired) electrons. The van der Waals surface area contributed by atoms with Crippen molar-refractivity contribution < 1.29 is 4.79 Å². The fraction of sp³-hybridized carbons (Fsp3) is 0.267. The topological polar surface area (TPSA) is 45.2 Å². The van der Waals surface area contributed by atoms with Crippen molar-refractivity contribution in [1.82, 2.24) is 15.2 Å². The Balaban J connectivity index is 1.16. The highest BCUT2D eigenvalue weighted by molar-refractivity contribution is 5.79. The highest BCUT2D eigenvalue weighted by atomic mass is 16.1. The number of benzene rings is 3. The van der Waals surface area contributed by atoms with Gasteiger partial charge >= 0.3 is 0 Å². The third-order valence-corrected chi connectivity index (χ3v) is 6.83. The summed E-state index contributed by atoms with van der Waals surface area (Å²) in [5, 5.41) is 4.50. The number of aromatic nitrogens is 1. The monoisotopic (exact) mass is 449 g/mol. The number of pyridine rings is 1. The third-order valence-electron chi connectivity index (χ3n) is 6.83. The molecule has 1 amide bonds. The van der Waals surface area contributed by atoms with Crippen LogP contribution < -0.4 is 5.32 Å². The molecular weight excluding hydrogens is 418 g/mol. The van der Waals surface area contributed by atoms with Gasteiger partial charge in [-0.25, -0.2) is 0 Å². The number of likely N-dealkylation sites (tertiary alicyclic amines) is 1. The Morgan fingerprint density at radius 2 is 1.56 bits per heavy atom. The largest absolute Gasteiger partial charge is 0.345 e. The average Bonchev–Trinajstić information content (AvgIpc) is 2.89. The van der Waals surface area contributed by atoms with Crippen molar-refractivity contribution in [3.05, 3.63) is 114 Å². The first-order valence-corrected chi connectivity index (χ1v) is 12.2. The number of amides is 1. The van der Waals surface area contributed by atoms with Gasteiger partial charge in [0.1, 0.15) is 0 Å². The average molecular weight is 450 g/mol. The molecule has 0 atom stereocenters. The summed E-state index contributed by atoms with van der Waals surface area (Å²) >= 11 is 0. The Kier molecular flexibility index (Phi) is 6.97. The summed E-state index contributed by atoms with van der Waals surface area (Å²) < 4.78 is 0. The number of hydrogen-bond acceptors (Lipinski definition) is 3. The predicted molar refractivity (Wildman–Crippen MR) is 137 cm³/mol. The molecule has 4 heteroatoms. The lowest BCUT2D eigenvalue weighted by Gasteiger charge is -2.32. The molecule has 5 rings (SSSR count). The molecule has 4 aromatic rings. The second-order valence-electron chi connectivity index (χ2n) is 9.28. The van der Waals surface area contributed by atoms with Crippen LogP contribution in [-0.2, 0) is 11.3 Å². The van der Waals surface area contributed by atoms with Crippen molar-refractivity contribution in [2.45, 2.75) is 31.8 Å². The van der Waals surface area contributed by atoms with Crippen molar-refractivity contribution in [1.29, 1.82) is 0 Å². The van der Waals surface area contributed by atoms with Crippen molar-refractivity contribution >= 4 is 16.8 Å². The fourth-order valence-electron chi connectivity index (χ4n) is 4.96. The van der Waals surface area contributed by atoms with Gasteiger partial charge in [0, 0.05) is 24.5 Å². The summed E-state index contributed by atoms with van der Waals surface area (Å²) in [5.74, 6) is 0.572. The third kappa shape index (κ3) is 5.52. The second kappa shape index (κ2) is 10.6. The van der Waals surface area contributed by atoms with Gasteiger partial charge in [0.2, 0.25) is 5.91 Å². The van der Waals surface area contributed by atoms with Crippen LogP contribution in [0.15, 0.2) is 97.2 Å². The van der Waals surface area contributed by atoms with Crippen LogP contribution in [0.3, 0.4) is 0 Å². The van der Waals surface area contributed by atoms with Crippen molar-refractivity contribution in [3.63, 3.8) is 0 Å². The number of nitrogens with zero attached hydrogens (tertiary/aromatic N) is 2. The summed E-state index contributed by atoms with van der Waals surface area (Å²) in [7, 11) is 0. The van der Waals surface area contributed by atoms with Crippen LogP contribution >= 0.6 is 0 Å². The van der Waals surface area contributed by atoms with E-state index in [1.54, 1.807) is 0 Å².